The van der Waals surface area contributed by atoms with Crippen molar-refractivity contribution in [3.8, 4) is 5.88 Å². The Morgan fingerprint density at radius 2 is 1.97 bits per heavy atom. The molecule has 0 aromatic carbocycles. The molecule has 152 valence electrons. The van der Waals surface area contributed by atoms with Crippen LogP contribution in [0.15, 0.2) is 42.9 Å². The van der Waals surface area contributed by atoms with Gasteiger partial charge in [-0.1, -0.05) is 6.07 Å². The molecule has 8 heteroatoms. The predicted molar refractivity (Wildman–Crippen MR) is 107 cm³/mol. The topological polar surface area (TPSA) is 80.8 Å². The summed E-state index contributed by atoms with van der Waals surface area (Å²) in [5, 5.41) is 0.930. The largest absolute Gasteiger partial charge is 0.480 e. The van der Waals surface area contributed by atoms with E-state index < -0.39 is 17.5 Å². The van der Waals surface area contributed by atoms with E-state index in [1.807, 2.05) is 13.0 Å². The molecule has 4 rings (SSSR count). The van der Waals surface area contributed by atoms with Crippen molar-refractivity contribution in [2.75, 3.05) is 7.11 Å². The third kappa shape index (κ3) is 3.89. The summed E-state index contributed by atoms with van der Waals surface area (Å²) in [5.74, 6) is -1.75. The molecule has 0 bridgehead atoms. The first kappa shape index (κ1) is 19.6. The van der Waals surface area contributed by atoms with Crippen molar-refractivity contribution in [2.24, 2.45) is 0 Å². The molecular formula is C22H18F2N4O2. The van der Waals surface area contributed by atoms with Crippen LogP contribution >= 0.6 is 0 Å². The summed E-state index contributed by atoms with van der Waals surface area (Å²) in [6.07, 6.45) is 4.66. The number of nitrogens with zero attached hydrogens (tertiary/aromatic N) is 3. The third-order valence-corrected chi connectivity index (χ3v) is 4.77. The van der Waals surface area contributed by atoms with Crippen LogP contribution in [-0.2, 0) is 12.8 Å². The van der Waals surface area contributed by atoms with Gasteiger partial charge >= 0.3 is 0 Å². The summed E-state index contributed by atoms with van der Waals surface area (Å²) in [6.45, 7) is 1.94. The second-order valence-electron chi connectivity index (χ2n) is 6.96. The number of pyridine rings is 3. The Kier molecular flexibility index (Phi) is 5.22. The standard InChI is InChI=1S/C22H18F2N4O2/c1-12-5-17-14(10-26-21(17)25-9-12)6-13-3-4-16(28-20(13)24)8-19(29)18-7-15(23)11-27-22(18)30-2/h3-5,7,9-11H,6,8H2,1-2H3,(H,25,26). The highest BCUT2D eigenvalue weighted by atomic mass is 19.1. The summed E-state index contributed by atoms with van der Waals surface area (Å²) < 4.78 is 33.1. The van der Waals surface area contributed by atoms with E-state index in [4.69, 9.17) is 4.74 Å². The minimum atomic E-state index is -0.655. The maximum absolute atomic E-state index is 14.6. The molecule has 0 fully saturated rings. The van der Waals surface area contributed by atoms with Crippen LogP contribution in [-0.4, -0.2) is 32.8 Å². The molecule has 0 saturated carbocycles. The first-order valence-corrected chi connectivity index (χ1v) is 9.24. The highest BCUT2D eigenvalue weighted by Crippen LogP contribution is 2.22. The van der Waals surface area contributed by atoms with Crippen molar-refractivity contribution in [1.82, 2.24) is 19.9 Å². The number of aromatic amines is 1. The van der Waals surface area contributed by atoms with Gasteiger partial charge in [-0.3, -0.25) is 4.79 Å². The second kappa shape index (κ2) is 7.98. The number of aromatic nitrogens is 4. The van der Waals surface area contributed by atoms with Gasteiger partial charge < -0.3 is 9.72 Å². The van der Waals surface area contributed by atoms with E-state index in [2.05, 4.69) is 19.9 Å². The van der Waals surface area contributed by atoms with Gasteiger partial charge in [0.05, 0.1) is 31.0 Å². The van der Waals surface area contributed by atoms with Crippen LogP contribution in [0.2, 0.25) is 0 Å². The molecule has 1 N–H and O–H groups in total. The van der Waals surface area contributed by atoms with Crippen LogP contribution in [0.1, 0.15) is 32.7 Å². The predicted octanol–water partition coefficient (Wildman–Crippen LogP) is 3.96. The zero-order valence-corrected chi connectivity index (χ0v) is 16.4. The van der Waals surface area contributed by atoms with Crippen LogP contribution in [0.25, 0.3) is 11.0 Å². The molecule has 4 aromatic heterocycles. The summed E-state index contributed by atoms with van der Waals surface area (Å²) in [7, 11) is 1.34. The van der Waals surface area contributed by atoms with Gasteiger partial charge in [0.15, 0.2) is 5.78 Å². The summed E-state index contributed by atoms with van der Waals surface area (Å²) in [5.41, 5.74) is 3.29. The zero-order chi connectivity index (χ0) is 21.3. The van der Waals surface area contributed by atoms with E-state index in [0.717, 1.165) is 34.4 Å². The number of hydrogen-bond acceptors (Lipinski definition) is 5. The number of hydrogen-bond donors (Lipinski definition) is 1. The maximum Gasteiger partial charge on any atom is 0.224 e. The van der Waals surface area contributed by atoms with Crippen molar-refractivity contribution < 1.29 is 18.3 Å². The third-order valence-electron chi connectivity index (χ3n) is 4.77. The Balaban J connectivity index is 1.55. The highest BCUT2D eigenvalue weighted by Gasteiger charge is 2.17. The number of carbonyl (C=O) groups is 1. The SMILES string of the molecule is COc1ncc(F)cc1C(=O)Cc1ccc(Cc2c[nH]c3ncc(C)cc23)c(F)n1. The lowest BCUT2D eigenvalue weighted by Crippen LogP contribution is -2.10. The van der Waals surface area contributed by atoms with E-state index in [0.29, 0.717) is 12.0 Å². The molecule has 4 heterocycles. The number of ether oxygens (including phenoxy) is 1. The first-order chi connectivity index (χ1) is 14.4. The minimum Gasteiger partial charge on any atom is -0.480 e. The van der Waals surface area contributed by atoms with Gasteiger partial charge in [0.1, 0.15) is 11.5 Å². The summed E-state index contributed by atoms with van der Waals surface area (Å²) in [6, 6.07) is 6.24. The number of methoxy groups -OCH3 is 1. The fraction of sp³-hybridized carbons (Fsp3) is 0.182. The Morgan fingerprint density at radius 3 is 2.73 bits per heavy atom. The normalized spacial score (nSPS) is 11.1. The van der Waals surface area contributed by atoms with Gasteiger partial charge in [0.2, 0.25) is 11.8 Å². The molecule has 0 saturated heterocycles. The monoisotopic (exact) mass is 408 g/mol. The van der Waals surface area contributed by atoms with Crippen molar-refractivity contribution >= 4 is 16.8 Å². The molecule has 0 spiro atoms. The smallest absolute Gasteiger partial charge is 0.224 e. The quantitative estimate of drug-likeness (QED) is 0.386. The average Bonchev–Trinajstić information content (AvgIpc) is 3.11. The number of aryl methyl sites for hydroxylation is 1. The zero-order valence-electron chi connectivity index (χ0n) is 16.4. The number of halogens is 2. The van der Waals surface area contributed by atoms with Gasteiger partial charge in [0, 0.05) is 29.8 Å². The van der Waals surface area contributed by atoms with Gasteiger partial charge in [0.25, 0.3) is 0 Å². The molecular weight excluding hydrogens is 390 g/mol. The van der Waals surface area contributed by atoms with Gasteiger partial charge in [-0.2, -0.15) is 4.39 Å². The fourth-order valence-corrected chi connectivity index (χ4v) is 3.29. The van der Waals surface area contributed by atoms with E-state index in [-0.39, 0.29) is 23.6 Å². The minimum absolute atomic E-state index is 0.00885. The number of nitrogens with one attached hydrogen (secondary N) is 1. The average molecular weight is 408 g/mol. The van der Waals surface area contributed by atoms with Crippen LogP contribution in [0.4, 0.5) is 8.78 Å². The molecule has 30 heavy (non-hydrogen) atoms. The lowest BCUT2D eigenvalue weighted by Gasteiger charge is -2.08. The molecule has 0 aliphatic rings. The molecule has 0 atom stereocenters. The van der Waals surface area contributed by atoms with E-state index in [9.17, 15) is 13.6 Å². The Hall–Kier alpha value is -3.68. The van der Waals surface area contributed by atoms with Crippen molar-refractivity contribution in [2.45, 2.75) is 19.8 Å². The van der Waals surface area contributed by atoms with Crippen molar-refractivity contribution in [3.63, 3.8) is 0 Å². The molecule has 0 aliphatic carbocycles. The number of ketones is 1. The number of H-pyrrole nitrogens is 1. The fourth-order valence-electron chi connectivity index (χ4n) is 3.29. The first-order valence-electron chi connectivity index (χ1n) is 9.24. The van der Waals surface area contributed by atoms with Gasteiger partial charge in [-0.25, -0.2) is 19.3 Å². The van der Waals surface area contributed by atoms with Crippen LogP contribution in [0, 0.1) is 18.7 Å². The highest BCUT2D eigenvalue weighted by molar-refractivity contribution is 5.99. The van der Waals surface area contributed by atoms with Gasteiger partial charge in [-0.05, 0) is 36.2 Å². The maximum atomic E-state index is 14.6. The van der Waals surface area contributed by atoms with Gasteiger partial charge in [-0.15, -0.1) is 0 Å². The number of fused-ring (bicyclic) bond motifs is 1. The second-order valence-corrected chi connectivity index (χ2v) is 6.96. The van der Waals surface area contributed by atoms with Crippen molar-refractivity contribution in [1.29, 1.82) is 0 Å². The summed E-state index contributed by atoms with van der Waals surface area (Å²) in [4.78, 5) is 27.6. The van der Waals surface area contributed by atoms with E-state index in [1.165, 1.54) is 7.11 Å². The molecule has 0 radical (unpaired) electrons. The van der Waals surface area contributed by atoms with Crippen LogP contribution < -0.4 is 4.74 Å². The lowest BCUT2D eigenvalue weighted by molar-refractivity contribution is 0.0987. The van der Waals surface area contributed by atoms with Crippen molar-refractivity contribution in [3.05, 3.63) is 82.6 Å². The molecule has 0 unspecified atom stereocenters. The molecule has 6 nitrogen and oxygen atoms in total. The lowest BCUT2D eigenvalue weighted by atomic mass is 10.0. The Morgan fingerprint density at radius 1 is 1.13 bits per heavy atom. The number of carbonyl (C=O) groups excluding carboxylic acids is 1. The molecule has 0 amide bonds. The Bertz CT molecular complexity index is 1250. The summed E-state index contributed by atoms with van der Waals surface area (Å²) >= 11 is 0. The van der Waals surface area contributed by atoms with E-state index >= 15 is 0 Å². The van der Waals surface area contributed by atoms with Crippen LogP contribution in [0.5, 0.6) is 5.88 Å². The molecule has 4 aromatic rings. The number of rotatable bonds is 6. The van der Waals surface area contributed by atoms with Crippen LogP contribution in [0.3, 0.4) is 0 Å². The van der Waals surface area contributed by atoms with E-state index in [1.54, 1.807) is 24.5 Å². The number of Topliss-reactive ketones (excluding diaryl/α,β-unsaturated/α-hetero) is 1. The Labute approximate surface area is 171 Å². The molecule has 0 aliphatic heterocycles.